The van der Waals surface area contributed by atoms with Crippen LogP contribution in [0.1, 0.15) is 28.3 Å². The van der Waals surface area contributed by atoms with Crippen molar-refractivity contribution in [3.05, 3.63) is 117 Å². The van der Waals surface area contributed by atoms with Crippen LogP contribution in [0, 0.1) is 10.1 Å². The molecule has 0 saturated carbocycles. The van der Waals surface area contributed by atoms with E-state index in [2.05, 4.69) is 53.8 Å². The Bertz CT molecular complexity index is 1150. The minimum absolute atomic E-state index is 0.0142. The van der Waals surface area contributed by atoms with Crippen molar-refractivity contribution < 1.29 is 4.92 Å². The van der Waals surface area contributed by atoms with E-state index >= 15 is 0 Å². The van der Waals surface area contributed by atoms with E-state index in [0.717, 1.165) is 30.2 Å². The summed E-state index contributed by atoms with van der Waals surface area (Å²) in [6.45, 7) is 0.851. The molecule has 0 fully saturated rings. The monoisotopic (exact) mass is 396 g/mol. The number of nitrogens with one attached hydrogen (secondary N) is 1. The van der Waals surface area contributed by atoms with Crippen molar-refractivity contribution in [2.45, 2.75) is 12.3 Å². The molecule has 148 valence electrons. The lowest BCUT2D eigenvalue weighted by Crippen LogP contribution is -2.09. The first-order chi connectivity index (χ1) is 14.7. The number of nitro groups is 1. The number of fused-ring (bicyclic) bond motifs is 1. The van der Waals surface area contributed by atoms with Gasteiger partial charge in [-0.25, -0.2) is 4.68 Å². The quantitative estimate of drug-likeness (QED) is 0.383. The van der Waals surface area contributed by atoms with E-state index in [4.69, 9.17) is 5.10 Å². The zero-order chi connectivity index (χ0) is 20.5. The highest BCUT2D eigenvalue weighted by molar-refractivity contribution is 5.60. The average molecular weight is 396 g/mol. The Labute approximate surface area is 174 Å². The van der Waals surface area contributed by atoms with Crippen molar-refractivity contribution in [2.75, 3.05) is 11.9 Å². The molecule has 1 aromatic heterocycles. The fourth-order valence-corrected chi connectivity index (χ4v) is 4.13. The Hall–Kier alpha value is -3.93. The summed E-state index contributed by atoms with van der Waals surface area (Å²) in [5, 5.41) is 19.5. The van der Waals surface area contributed by atoms with Crippen molar-refractivity contribution in [3.8, 4) is 5.69 Å². The summed E-state index contributed by atoms with van der Waals surface area (Å²) in [5.74, 6) is 0.982. The molecule has 3 aromatic carbocycles. The van der Waals surface area contributed by atoms with Gasteiger partial charge in [0, 0.05) is 24.2 Å². The van der Waals surface area contributed by atoms with Crippen LogP contribution < -0.4 is 5.32 Å². The molecule has 4 aromatic rings. The molecule has 5 rings (SSSR count). The van der Waals surface area contributed by atoms with Gasteiger partial charge in [0.2, 0.25) is 0 Å². The number of hydrogen-bond donors (Lipinski definition) is 1. The first kappa shape index (κ1) is 18.1. The van der Waals surface area contributed by atoms with E-state index in [-0.39, 0.29) is 16.5 Å². The maximum absolute atomic E-state index is 11.0. The van der Waals surface area contributed by atoms with Gasteiger partial charge in [-0.1, -0.05) is 60.7 Å². The highest BCUT2D eigenvalue weighted by Gasteiger charge is 2.29. The number of non-ortho nitro benzene ring substituents is 1. The summed E-state index contributed by atoms with van der Waals surface area (Å²) in [6.07, 6.45) is 0.897. The second-order valence-electron chi connectivity index (χ2n) is 7.33. The number of nitrogens with zero attached hydrogens (tertiary/aromatic N) is 3. The molecule has 0 saturated heterocycles. The summed E-state index contributed by atoms with van der Waals surface area (Å²) in [7, 11) is 0. The molecule has 0 aliphatic carbocycles. The summed E-state index contributed by atoms with van der Waals surface area (Å²) in [6, 6.07) is 27.3. The smallest absolute Gasteiger partial charge is 0.269 e. The standard InChI is InChI=1S/C24H20N4O2/c29-28(30)20-13-11-19(12-14-20)27-24-21(15-16-25-24)23(26-27)22(17-7-3-1-4-8-17)18-9-5-2-6-10-18/h1-14,22,25H,15-16H2. The van der Waals surface area contributed by atoms with Gasteiger partial charge in [0.25, 0.3) is 5.69 Å². The Morgan fingerprint density at radius 1 is 0.900 bits per heavy atom. The Balaban J connectivity index is 1.66. The van der Waals surface area contributed by atoms with Gasteiger partial charge in [-0.05, 0) is 29.7 Å². The molecular weight excluding hydrogens is 376 g/mol. The lowest BCUT2D eigenvalue weighted by molar-refractivity contribution is -0.384. The molecule has 6 nitrogen and oxygen atoms in total. The van der Waals surface area contributed by atoms with Crippen LogP contribution in [0.15, 0.2) is 84.9 Å². The molecule has 2 heterocycles. The van der Waals surface area contributed by atoms with E-state index in [1.165, 1.54) is 28.8 Å². The first-order valence-corrected chi connectivity index (χ1v) is 9.93. The molecule has 0 radical (unpaired) electrons. The van der Waals surface area contributed by atoms with Gasteiger partial charge >= 0.3 is 0 Å². The first-order valence-electron chi connectivity index (χ1n) is 9.93. The van der Waals surface area contributed by atoms with Crippen molar-refractivity contribution in [1.82, 2.24) is 9.78 Å². The minimum atomic E-state index is -0.387. The molecule has 6 heteroatoms. The van der Waals surface area contributed by atoms with Gasteiger partial charge in [-0.2, -0.15) is 5.10 Å². The van der Waals surface area contributed by atoms with E-state index in [1.54, 1.807) is 12.1 Å². The van der Waals surface area contributed by atoms with E-state index in [1.807, 2.05) is 16.8 Å². The predicted octanol–water partition coefficient (Wildman–Crippen LogP) is 4.93. The van der Waals surface area contributed by atoms with Crippen LogP contribution in [0.2, 0.25) is 0 Å². The maximum atomic E-state index is 11.0. The Morgan fingerprint density at radius 3 is 2.07 bits per heavy atom. The van der Waals surface area contributed by atoms with Crippen LogP contribution in [0.4, 0.5) is 11.5 Å². The average Bonchev–Trinajstić information content (AvgIpc) is 3.39. The fraction of sp³-hybridized carbons (Fsp3) is 0.125. The molecule has 1 N–H and O–H groups in total. The van der Waals surface area contributed by atoms with Crippen LogP contribution in [-0.2, 0) is 6.42 Å². The summed E-state index contributed by atoms with van der Waals surface area (Å²) in [5.41, 5.74) is 5.47. The number of aromatic nitrogens is 2. The Morgan fingerprint density at radius 2 is 1.50 bits per heavy atom. The molecule has 0 unspecified atom stereocenters. The summed E-state index contributed by atoms with van der Waals surface area (Å²) in [4.78, 5) is 10.6. The van der Waals surface area contributed by atoms with Crippen LogP contribution in [-0.4, -0.2) is 21.2 Å². The number of benzene rings is 3. The van der Waals surface area contributed by atoms with Gasteiger partial charge in [0.15, 0.2) is 0 Å². The molecule has 0 amide bonds. The normalized spacial score (nSPS) is 12.6. The third-order valence-electron chi connectivity index (χ3n) is 5.53. The SMILES string of the molecule is O=[N+]([O-])c1ccc(-n2nc(C(c3ccccc3)c3ccccc3)c3c2NCC3)cc1. The lowest BCUT2D eigenvalue weighted by Gasteiger charge is -2.17. The van der Waals surface area contributed by atoms with E-state index in [9.17, 15) is 10.1 Å². The van der Waals surface area contributed by atoms with Crippen LogP contribution in [0.25, 0.3) is 5.69 Å². The van der Waals surface area contributed by atoms with E-state index in [0.29, 0.717) is 0 Å². The molecule has 0 spiro atoms. The third kappa shape index (κ3) is 3.12. The van der Waals surface area contributed by atoms with Gasteiger partial charge in [0.1, 0.15) is 5.82 Å². The molecular formula is C24H20N4O2. The summed E-state index contributed by atoms with van der Waals surface area (Å²) >= 11 is 0. The second-order valence-corrected chi connectivity index (χ2v) is 7.33. The second kappa shape index (κ2) is 7.48. The van der Waals surface area contributed by atoms with Gasteiger partial charge in [-0.3, -0.25) is 10.1 Å². The van der Waals surface area contributed by atoms with Crippen molar-refractivity contribution in [1.29, 1.82) is 0 Å². The number of rotatable bonds is 5. The van der Waals surface area contributed by atoms with Crippen LogP contribution >= 0.6 is 0 Å². The largest absolute Gasteiger partial charge is 0.369 e. The molecule has 1 aliphatic heterocycles. The molecule has 1 aliphatic rings. The number of anilines is 1. The zero-order valence-electron chi connectivity index (χ0n) is 16.2. The van der Waals surface area contributed by atoms with Gasteiger partial charge < -0.3 is 5.32 Å². The maximum Gasteiger partial charge on any atom is 0.269 e. The van der Waals surface area contributed by atoms with Gasteiger partial charge in [0.05, 0.1) is 22.2 Å². The Kier molecular flexibility index (Phi) is 4.52. The minimum Gasteiger partial charge on any atom is -0.369 e. The van der Waals surface area contributed by atoms with Crippen molar-refractivity contribution >= 4 is 11.5 Å². The number of nitro benzene ring substituents is 1. The summed E-state index contributed by atoms with van der Waals surface area (Å²) < 4.78 is 1.88. The van der Waals surface area contributed by atoms with Gasteiger partial charge in [-0.15, -0.1) is 0 Å². The van der Waals surface area contributed by atoms with Crippen LogP contribution in [0.5, 0.6) is 0 Å². The van der Waals surface area contributed by atoms with Crippen LogP contribution in [0.3, 0.4) is 0 Å². The van der Waals surface area contributed by atoms with Crippen molar-refractivity contribution in [3.63, 3.8) is 0 Å². The highest BCUT2D eigenvalue weighted by Crippen LogP contribution is 2.39. The fourth-order valence-electron chi connectivity index (χ4n) is 4.13. The lowest BCUT2D eigenvalue weighted by atomic mass is 9.86. The zero-order valence-corrected chi connectivity index (χ0v) is 16.2. The molecule has 0 bridgehead atoms. The molecule has 0 atom stereocenters. The van der Waals surface area contributed by atoms with E-state index < -0.39 is 0 Å². The van der Waals surface area contributed by atoms with Crippen molar-refractivity contribution in [2.24, 2.45) is 0 Å². The third-order valence-corrected chi connectivity index (χ3v) is 5.53. The predicted molar refractivity (Wildman–Crippen MR) is 116 cm³/mol. The number of hydrogen-bond acceptors (Lipinski definition) is 4. The highest BCUT2D eigenvalue weighted by atomic mass is 16.6. The molecule has 30 heavy (non-hydrogen) atoms. The topological polar surface area (TPSA) is 73.0 Å².